The molecule has 8 nitrogen and oxygen atoms in total. The van der Waals surface area contributed by atoms with Gasteiger partial charge in [0.1, 0.15) is 4.90 Å². The number of aromatic nitrogens is 2. The lowest BCUT2D eigenvalue weighted by atomic mass is 10.4. The predicted octanol–water partition coefficient (Wildman–Crippen LogP) is -0.907. The third-order valence-electron chi connectivity index (χ3n) is 2.34. The molecule has 0 radical (unpaired) electrons. The quantitative estimate of drug-likeness (QED) is 0.558. The Bertz CT molecular complexity index is 520. The van der Waals surface area contributed by atoms with E-state index in [1.807, 2.05) is 0 Å². The first kappa shape index (κ1) is 11.9. The second-order valence-electron chi connectivity index (χ2n) is 3.33. The number of aromatic amines is 1. The SMILES string of the molecule is O=C=NC1COCCN1S(=O)(=O)c1cn[nH]c1. The Morgan fingerprint density at radius 3 is 3.12 bits per heavy atom. The molecular formula is C8H10N4O4S. The molecule has 1 unspecified atom stereocenters. The second kappa shape index (κ2) is 4.76. The standard InChI is InChI=1S/C8H10N4O4S/c13-6-9-8-5-16-2-1-12(8)17(14,15)7-3-10-11-4-7/h3-4,8H,1-2,5H2,(H,10,11). The smallest absolute Gasteiger partial charge is 0.248 e. The van der Waals surface area contributed by atoms with E-state index in [2.05, 4.69) is 15.2 Å². The predicted molar refractivity (Wildman–Crippen MR) is 55.2 cm³/mol. The Labute approximate surface area is 97.3 Å². The van der Waals surface area contributed by atoms with E-state index in [-0.39, 0.29) is 24.7 Å². The molecule has 17 heavy (non-hydrogen) atoms. The van der Waals surface area contributed by atoms with Crippen molar-refractivity contribution >= 4 is 16.1 Å². The van der Waals surface area contributed by atoms with E-state index in [1.165, 1.54) is 18.5 Å². The van der Waals surface area contributed by atoms with Crippen molar-refractivity contribution in [1.82, 2.24) is 14.5 Å². The number of isocyanates is 1. The van der Waals surface area contributed by atoms with Crippen LogP contribution in [0.1, 0.15) is 0 Å². The maximum absolute atomic E-state index is 12.2. The van der Waals surface area contributed by atoms with Crippen molar-refractivity contribution in [2.24, 2.45) is 4.99 Å². The number of hydrogen-bond donors (Lipinski definition) is 1. The van der Waals surface area contributed by atoms with Crippen molar-refractivity contribution < 1.29 is 17.9 Å². The van der Waals surface area contributed by atoms with Gasteiger partial charge in [-0.15, -0.1) is 0 Å². The minimum Gasteiger partial charge on any atom is -0.376 e. The summed E-state index contributed by atoms with van der Waals surface area (Å²) in [4.78, 5) is 13.7. The summed E-state index contributed by atoms with van der Waals surface area (Å²) >= 11 is 0. The normalized spacial score (nSPS) is 22.0. The maximum atomic E-state index is 12.2. The Balaban J connectivity index is 2.34. The molecule has 2 rings (SSSR count). The van der Waals surface area contributed by atoms with Gasteiger partial charge in [-0.3, -0.25) is 5.10 Å². The fourth-order valence-corrected chi connectivity index (χ4v) is 2.94. The summed E-state index contributed by atoms with van der Waals surface area (Å²) in [7, 11) is -3.70. The number of carbonyl (C=O) groups excluding carboxylic acids is 1. The van der Waals surface area contributed by atoms with Crippen LogP contribution in [-0.4, -0.2) is 54.9 Å². The average Bonchev–Trinajstić information content (AvgIpc) is 2.84. The van der Waals surface area contributed by atoms with Crippen LogP contribution in [0.3, 0.4) is 0 Å². The van der Waals surface area contributed by atoms with E-state index in [0.717, 1.165) is 4.31 Å². The number of aliphatic imine (C=N–C) groups is 1. The average molecular weight is 258 g/mol. The van der Waals surface area contributed by atoms with Crippen LogP contribution in [0, 0.1) is 0 Å². The molecule has 2 heterocycles. The van der Waals surface area contributed by atoms with Crippen molar-refractivity contribution in [3.05, 3.63) is 12.4 Å². The highest BCUT2D eigenvalue weighted by Gasteiger charge is 2.34. The van der Waals surface area contributed by atoms with E-state index < -0.39 is 16.2 Å². The molecule has 1 saturated heterocycles. The van der Waals surface area contributed by atoms with Crippen LogP contribution in [0.15, 0.2) is 22.3 Å². The summed E-state index contributed by atoms with van der Waals surface area (Å²) in [5.74, 6) is 0. The summed E-state index contributed by atoms with van der Waals surface area (Å²) < 4.78 is 30.5. The molecule has 1 aromatic heterocycles. The summed E-state index contributed by atoms with van der Waals surface area (Å²) in [6, 6.07) is 0. The van der Waals surface area contributed by atoms with Crippen LogP contribution < -0.4 is 0 Å². The zero-order chi connectivity index (χ0) is 12.3. The summed E-state index contributed by atoms with van der Waals surface area (Å²) in [5, 5.41) is 6.01. The molecule has 0 spiro atoms. The second-order valence-corrected chi connectivity index (χ2v) is 5.22. The van der Waals surface area contributed by atoms with Gasteiger partial charge in [0.15, 0.2) is 6.17 Å². The number of nitrogens with zero attached hydrogens (tertiary/aromatic N) is 3. The molecule has 1 N–H and O–H groups in total. The van der Waals surface area contributed by atoms with Gasteiger partial charge in [-0.1, -0.05) is 0 Å². The van der Waals surface area contributed by atoms with Crippen molar-refractivity contribution in [1.29, 1.82) is 0 Å². The number of rotatable bonds is 3. The van der Waals surface area contributed by atoms with Crippen LogP contribution in [0.5, 0.6) is 0 Å². The first-order valence-electron chi connectivity index (χ1n) is 4.81. The molecule has 0 aromatic carbocycles. The van der Waals surface area contributed by atoms with Crippen molar-refractivity contribution in [3.63, 3.8) is 0 Å². The summed E-state index contributed by atoms with van der Waals surface area (Å²) in [5.41, 5.74) is 0. The third-order valence-corrected chi connectivity index (χ3v) is 4.20. The van der Waals surface area contributed by atoms with Crippen LogP contribution in [-0.2, 0) is 19.6 Å². The van der Waals surface area contributed by atoms with Gasteiger partial charge >= 0.3 is 0 Å². The number of ether oxygens (including phenoxy) is 1. The lowest BCUT2D eigenvalue weighted by Crippen LogP contribution is -2.47. The first-order chi connectivity index (χ1) is 8.16. The van der Waals surface area contributed by atoms with E-state index in [0.29, 0.717) is 0 Å². The van der Waals surface area contributed by atoms with Crippen LogP contribution in [0.2, 0.25) is 0 Å². The fraction of sp³-hybridized carbons (Fsp3) is 0.500. The maximum Gasteiger partial charge on any atom is 0.248 e. The largest absolute Gasteiger partial charge is 0.376 e. The molecule has 1 fully saturated rings. The van der Waals surface area contributed by atoms with Gasteiger partial charge in [-0.2, -0.15) is 14.4 Å². The molecule has 1 aliphatic heterocycles. The number of morpholine rings is 1. The molecule has 0 aliphatic carbocycles. The molecule has 0 bridgehead atoms. The summed E-state index contributed by atoms with van der Waals surface area (Å²) in [6.07, 6.45) is 2.96. The van der Waals surface area contributed by atoms with Crippen LogP contribution in [0.25, 0.3) is 0 Å². The molecule has 0 saturated carbocycles. The van der Waals surface area contributed by atoms with Gasteiger partial charge in [-0.05, 0) is 0 Å². The molecule has 1 aliphatic rings. The van der Waals surface area contributed by atoms with E-state index in [4.69, 9.17) is 4.74 Å². The molecule has 1 aromatic rings. The highest BCUT2D eigenvalue weighted by atomic mass is 32.2. The monoisotopic (exact) mass is 258 g/mol. The first-order valence-corrected chi connectivity index (χ1v) is 6.25. The molecule has 9 heteroatoms. The minimum atomic E-state index is -3.70. The Morgan fingerprint density at radius 2 is 2.47 bits per heavy atom. The lowest BCUT2D eigenvalue weighted by molar-refractivity contribution is 0.0359. The molecule has 92 valence electrons. The highest BCUT2D eigenvalue weighted by molar-refractivity contribution is 7.89. The molecule has 1 atom stereocenters. The number of H-pyrrole nitrogens is 1. The lowest BCUT2D eigenvalue weighted by Gasteiger charge is -2.30. The van der Waals surface area contributed by atoms with Crippen molar-refractivity contribution in [2.75, 3.05) is 19.8 Å². The van der Waals surface area contributed by atoms with Gasteiger partial charge in [-0.25, -0.2) is 13.2 Å². The van der Waals surface area contributed by atoms with Crippen molar-refractivity contribution in [2.45, 2.75) is 11.1 Å². The number of sulfonamides is 1. The molecular weight excluding hydrogens is 248 g/mol. The number of hydrogen-bond acceptors (Lipinski definition) is 6. The molecule has 0 amide bonds. The third kappa shape index (κ3) is 2.27. The van der Waals surface area contributed by atoms with Crippen LogP contribution >= 0.6 is 0 Å². The van der Waals surface area contributed by atoms with Gasteiger partial charge < -0.3 is 4.74 Å². The zero-order valence-corrected chi connectivity index (χ0v) is 9.55. The van der Waals surface area contributed by atoms with Gasteiger partial charge in [0, 0.05) is 12.7 Å². The zero-order valence-electron chi connectivity index (χ0n) is 8.74. The Morgan fingerprint density at radius 1 is 1.65 bits per heavy atom. The van der Waals surface area contributed by atoms with Crippen LogP contribution in [0.4, 0.5) is 0 Å². The minimum absolute atomic E-state index is 0.0329. The van der Waals surface area contributed by atoms with Gasteiger partial charge in [0.05, 0.1) is 19.4 Å². The number of nitrogens with one attached hydrogen (secondary N) is 1. The van der Waals surface area contributed by atoms with E-state index in [1.54, 1.807) is 0 Å². The van der Waals surface area contributed by atoms with Crippen molar-refractivity contribution in [3.8, 4) is 0 Å². The van der Waals surface area contributed by atoms with E-state index >= 15 is 0 Å². The van der Waals surface area contributed by atoms with E-state index in [9.17, 15) is 13.2 Å². The topological polar surface area (TPSA) is 105 Å². The Kier molecular flexibility index (Phi) is 3.34. The van der Waals surface area contributed by atoms with Gasteiger partial charge in [0.25, 0.3) is 0 Å². The van der Waals surface area contributed by atoms with Gasteiger partial charge in [0.2, 0.25) is 16.1 Å². The highest BCUT2D eigenvalue weighted by Crippen LogP contribution is 2.19. The fourth-order valence-electron chi connectivity index (χ4n) is 1.53. The summed E-state index contributed by atoms with van der Waals surface area (Å²) in [6.45, 7) is 0.456. The Hall–Kier alpha value is -1.54.